The molecule has 2 rings (SSSR count). The van der Waals surface area contributed by atoms with Gasteiger partial charge in [-0.15, -0.1) is 0 Å². The Morgan fingerprint density at radius 3 is 2.52 bits per heavy atom. The van der Waals surface area contributed by atoms with E-state index in [4.69, 9.17) is 32.5 Å². The van der Waals surface area contributed by atoms with Crippen molar-refractivity contribution in [2.75, 3.05) is 32.8 Å². The van der Waals surface area contributed by atoms with E-state index in [0.29, 0.717) is 30.0 Å². The number of carbonyl (C=O) groups is 2. The van der Waals surface area contributed by atoms with Crippen LogP contribution >= 0.6 is 39.1 Å². The highest BCUT2D eigenvalue weighted by atomic mass is 79.9. The van der Waals surface area contributed by atoms with Gasteiger partial charge in [0.1, 0.15) is 0 Å². The van der Waals surface area contributed by atoms with Crippen molar-refractivity contribution in [1.29, 1.82) is 0 Å². The van der Waals surface area contributed by atoms with Crippen LogP contribution in [0.1, 0.15) is 30.6 Å². The molecule has 0 saturated carbocycles. The first kappa shape index (κ1) is 24.4. The molecule has 2 amide bonds. The van der Waals surface area contributed by atoms with Crippen LogP contribution in [0.4, 0.5) is 0 Å². The zero-order valence-corrected chi connectivity index (χ0v) is 19.5. The fourth-order valence-electron chi connectivity index (χ4n) is 2.89. The van der Waals surface area contributed by atoms with Gasteiger partial charge in [-0.05, 0) is 40.4 Å². The van der Waals surface area contributed by atoms with E-state index in [1.165, 1.54) is 0 Å². The summed E-state index contributed by atoms with van der Waals surface area (Å²) in [6, 6.07) is 3.21. The third-order valence-corrected chi connectivity index (χ3v) is 5.67. The molecule has 1 aliphatic rings. The van der Waals surface area contributed by atoms with Crippen LogP contribution in [0.3, 0.4) is 0 Å². The van der Waals surface area contributed by atoms with Gasteiger partial charge in [-0.1, -0.05) is 37.0 Å². The van der Waals surface area contributed by atoms with Crippen LogP contribution in [0.15, 0.2) is 16.6 Å². The van der Waals surface area contributed by atoms with Crippen LogP contribution in [-0.4, -0.2) is 57.7 Å². The normalized spacial score (nSPS) is 16.1. The molecule has 1 aromatic carbocycles. The lowest BCUT2D eigenvalue weighted by atomic mass is 9.73. The number of benzene rings is 1. The van der Waals surface area contributed by atoms with Gasteiger partial charge in [0.15, 0.2) is 0 Å². The Bertz CT molecular complexity index is 719. The quantitative estimate of drug-likeness (QED) is 0.389. The molecular formula is C18H25BBrCl2N3O4. The Hall–Kier alpha value is -0.835. The minimum atomic E-state index is -0.532. The summed E-state index contributed by atoms with van der Waals surface area (Å²) in [5.41, 5.74) is 0.185. The SMILES string of the molecule is CC(C)C[C@H](NC(=O)CNC(=O)c1c(Br)ccc(Cl)c1Cl)B1OCCNCCO1. The van der Waals surface area contributed by atoms with Gasteiger partial charge in [-0.3, -0.25) is 9.59 Å². The molecule has 3 N–H and O–H groups in total. The summed E-state index contributed by atoms with van der Waals surface area (Å²) in [5, 5.41) is 9.06. The van der Waals surface area contributed by atoms with E-state index in [1.807, 2.05) is 0 Å². The smallest absolute Gasteiger partial charge is 0.408 e. The fourth-order valence-corrected chi connectivity index (χ4v) is 3.92. The summed E-state index contributed by atoms with van der Waals surface area (Å²) in [6.07, 6.45) is 0.684. The number of rotatable bonds is 7. The van der Waals surface area contributed by atoms with E-state index in [9.17, 15) is 9.59 Å². The van der Waals surface area contributed by atoms with Crippen molar-refractivity contribution < 1.29 is 18.9 Å². The summed E-state index contributed by atoms with van der Waals surface area (Å²) < 4.78 is 12.0. The molecule has 1 atom stereocenters. The van der Waals surface area contributed by atoms with E-state index in [-0.39, 0.29) is 34.0 Å². The summed E-state index contributed by atoms with van der Waals surface area (Å²) in [5.74, 6) is -0.832. The first-order valence-corrected chi connectivity index (χ1v) is 11.0. The van der Waals surface area contributed by atoms with Crippen molar-refractivity contribution in [1.82, 2.24) is 16.0 Å². The second kappa shape index (κ2) is 12.1. The monoisotopic (exact) mass is 507 g/mol. The molecule has 0 unspecified atom stereocenters. The minimum Gasteiger partial charge on any atom is -0.408 e. The molecule has 0 spiro atoms. The zero-order chi connectivity index (χ0) is 21.4. The third kappa shape index (κ3) is 7.73. The van der Waals surface area contributed by atoms with Gasteiger partial charge in [0.05, 0.1) is 28.1 Å². The number of halogens is 3. The van der Waals surface area contributed by atoms with Crippen LogP contribution < -0.4 is 16.0 Å². The molecule has 0 aromatic heterocycles. The van der Waals surface area contributed by atoms with Crippen LogP contribution in [0, 0.1) is 5.92 Å². The van der Waals surface area contributed by atoms with Gasteiger partial charge in [0, 0.05) is 30.8 Å². The van der Waals surface area contributed by atoms with Gasteiger partial charge in [0.25, 0.3) is 5.91 Å². The van der Waals surface area contributed by atoms with Crippen LogP contribution in [0.5, 0.6) is 0 Å². The molecule has 0 bridgehead atoms. The fraction of sp³-hybridized carbons (Fsp3) is 0.556. The van der Waals surface area contributed by atoms with Crippen LogP contribution in [0.2, 0.25) is 10.0 Å². The molecule has 11 heteroatoms. The minimum absolute atomic E-state index is 0.126. The van der Waals surface area contributed by atoms with Crippen molar-refractivity contribution in [3.05, 3.63) is 32.2 Å². The molecule has 1 aromatic rings. The number of hydrogen-bond donors (Lipinski definition) is 3. The molecule has 1 heterocycles. The van der Waals surface area contributed by atoms with Crippen molar-refractivity contribution in [2.24, 2.45) is 5.92 Å². The van der Waals surface area contributed by atoms with E-state index in [0.717, 1.165) is 13.1 Å². The Kier molecular flexibility index (Phi) is 10.2. The lowest BCUT2D eigenvalue weighted by Gasteiger charge is -2.27. The topological polar surface area (TPSA) is 88.7 Å². The second-order valence-electron chi connectivity index (χ2n) is 7.06. The zero-order valence-electron chi connectivity index (χ0n) is 16.4. The van der Waals surface area contributed by atoms with Crippen molar-refractivity contribution in [3.63, 3.8) is 0 Å². The Morgan fingerprint density at radius 2 is 1.90 bits per heavy atom. The van der Waals surface area contributed by atoms with Crippen LogP contribution in [0.25, 0.3) is 0 Å². The first-order chi connectivity index (χ1) is 13.8. The number of carbonyl (C=O) groups excluding carboxylic acids is 2. The van der Waals surface area contributed by atoms with Gasteiger partial charge in [-0.2, -0.15) is 0 Å². The summed E-state index contributed by atoms with van der Waals surface area (Å²) in [6.45, 7) is 6.35. The molecule has 29 heavy (non-hydrogen) atoms. The molecule has 1 fully saturated rings. The number of amides is 2. The summed E-state index contributed by atoms with van der Waals surface area (Å²) in [7, 11) is -0.532. The van der Waals surface area contributed by atoms with Crippen molar-refractivity contribution in [2.45, 2.75) is 26.2 Å². The Balaban J connectivity index is 1.97. The highest BCUT2D eigenvalue weighted by molar-refractivity contribution is 9.10. The lowest BCUT2D eigenvalue weighted by Crippen LogP contribution is -2.53. The van der Waals surface area contributed by atoms with Gasteiger partial charge in [0.2, 0.25) is 5.91 Å². The summed E-state index contributed by atoms with van der Waals surface area (Å²) >= 11 is 15.4. The maximum absolute atomic E-state index is 12.5. The Labute approximate surface area is 189 Å². The predicted molar refractivity (Wildman–Crippen MR) is 118 cm³/mol. The van der Waals surface area contributed by atoms with Gasteiger partial charge in [-0.25, -0.2) is 0 Å². The standard InChI is InChI=1S/C18H25BBrCl2N3O4/c1-11(2)9-14(19-28-7-5-23-6-8-29-19)25-15(26)10-24-18(27)16-12(20)3-4-13(21)17(16)22/h3-4,11,14,23H,5-10H2,1-2H3,(H,24,27)(H,25,26)/t14-/m0/s1. The van der Waals surface area contributed by atoms with Crippen LogP contribution in [-0.2, 0) is 14.1 Å². The number of hydrogen-bond acceptors (Lipinski definition) is 5. The van der Waals surface area contributed by atoms with E-state index in [1.54, 1.807) is 12.1 Å². The number of nitrogens with one attached hydrogen (secondary N) is 3. The first-order valence-electron chi connectivity index (χ1n) is 9.44. The summed E-state index contributed by atoms with van der Waals surface area (Å²) in [4.78, 5) is 25.0. The predicted octanol–water partition coefficient (Wildman–Crippen LogP) is 2.68. The lowest BCUT2D eigenvalue weighted by molar-refractivity contribution is -0.120. The highest BCUT2D eigenvalue weighted by Gasteiger charge is 2.33. The average molecular weight is 509 g/mol. The molecule has 0 aliphatic carbocycles. The maximum Gasteiger partial charge on any atom is 0.480 e. The van der Waals surface area contributed by atoms with E-state index < -0.39 is 13.0 Å². The average Bonchev–Trinajstić information content (AvgIpc) is 2.62. The third-order valence-electron chi connectivity index (χ3n) is 4.20. The van der Waals surface area contributed by atoms with Gasteiger partial charge >= 0.3 is 7.12 Å². The molecule has 1 aliphatic heterocycles. The molecular weight excluding hydrogens is 484 g/mol. The molecule has 7 nitrogen and oxygen atoms in total. The molecule has 0 radical (unpaired) electrons. The molecule has 1 saturated heterocycles. The maximum atomic E-state index is 12.5. The largest absolute Gasteiger partial charge is 0.480 e. The van der Waals surface area contributed by atoms with E-state index in [2.05, 4.69) is 45.7 Å². The second-order valence-corrected chi connectivity index (χ2v) is 8.70. The highest BCUT2D eigenvalue weighted by Crippen LogP contribution is 2.31. The van der Waals surface area contributed by atoms with Gasteiger partial charge < -0.3 is 25.3 Å². The Morgan fingerprint density at radius 1 is 1.24 bits per heavy atom. The van der Waals surface area contributed by atoms with Crippen molar-refractivity contribution in [3.8, 4) is 0 Å². The molecule has 160 valence electrons. The van der Waals surface area contributed by atoms with E-state index >= 15 is 0 Å². The van der Waals surface area contributed by atoms with Crippen molar-refractivity contribution >= 4 is 58.1 Å².